The maximum Gasteiger partial charge on any atom is 0.193 e. The second-order valence-electron chi connectivity index (χ2n) is 4.91. The molecule has 2 aromatic rings. The Bertz CT molecular complexity index is 671. The van der Waals surface area contributed by atoms with E-state index < -0.39 is 0 Å². The van der Waals surface area contributed by atoms with Crippen LogP contribution in [0.2, 0.25) is 0 Å². The van der Waals surface area contributed by atoms with E-state index in [4.69, 9.17) is 10.5 Å². The summed E-state index contributed by atoms with van der Waals surface area (Å²) in [6.07, 6.45) is 0.709. The Hall–Kier alpha value is -2.56. The lowest BCUT2D eigenvalue weighted by Gasteiger charge is -2.10. The number of hydrogen-bond donors (Lipinski definition) is 2. The fourth-order valence-corrected chi connectivity index (χ4v) is 2.16. The quantitative estimate of drug-likeness (QED) is 0.659. The minimum Gasteiger partial charge on any atom is -0.495 e. The number of nitrogens with zero attached hydrogens (tertiary/aromatic N) is 1. The van der Waals surface area contributed by atoms with Gasteiger partial charge in [-0.05, 0) is 48.7 Å². The number of benzene rings is 2. The molecule has 116 valence electrons. The van der Waals surface area contributed by atoms with Crippen LogP contribution in [0.3, 0.4) is 0 Å². The van der Waals surface area contributed by atoms with Crippen molar-refractivity contribution >= 4 is 11.6 Å². The molecule has 0 amide bonds. The van der Waals surface area contributed by atoms with Crippen molar-refractivity contribution in [3.05, 3.63) is 59.4 Å². The molecular formula is C17H20FN3O. The van der Waals surface area contributed by atoms with Gasteiger partial charge in [-0.25, -0.2) is 4.39 Å². The van der Waals surface area contributed by atoms with E-state index in [2.05, 4.69) is 10.3 Å². The van der Waals surface area contributed by atoms with E-state index in [1.54, 1.807) is 13.2 Å². The van der Waals surface area contributed by atoms with Crippen molar-refractivity contribution in [1.29, 1.82) is 0 Å². The van der Waals surface area contributed by atoms with Gasteiger partial charge < -0.3 is 15.8 Å². The summed E-state index contributed by atoms with van der Waals surface area (Å²) in [6, 6.07) is 12.2. The fourth-order valence-electron chi connectivity index (χ4n) is 2.16. The van der Waals surface area contributed by atoms with Crippen molar-refractivity contribution in [2.75, 3.05) is 19.0 Å². The molecule has 2 aromatic carbocycles. The molecule has 0 aliphatic rings. The summed E-state index contributed by atoms with van der Waals surface area (Å²) in [5.41, 5.74) is 8.63. The zero-order valence-corrected chi connectivity index (χ0v) is 12.8. The number of anilines is 1. The van der Waals surface area contributed by atoms with Gasteiger partial charge in [-0.2, -0.15) is 0 Å². The predicted molar refractivity (Wildman–Crippen MR) is 87.9 cm³/mol. The second-order valence-corrected chi connectivity index (χ2v) is 4.91. The highest BCUT2D eigenvalue weighted by Gasteiger charge is 2.03. The van der Waals surface area contributed by atoms with E-state index in [9.17, 15) is 4.39 Å². The van der Waals surface area contributed by atoms with Gasteiger partial charge in [0.05, 0.1) is 12.8 Å². The molecule has 0 aliphatic carbocycles. The number of hydrogen-bond acceptors (Lipinski definition) is 2. The van der Waals surface area contributed by atoms with Gasteiger partial charge in [-0.15, -0.1) is 0 Å². The molecule has 0 aliphatic heterocycles. The molecule has 0 bridgehead atoms. The average Bonchev–Trinajstić information content (AvgIpc) is 2.50. The molecule has 0 spiro atoms. The van der Waals surface area contributed by atoms with Crippen LogP contribution in [0.4, 0.5) is 10.1 Å². The SMILES string of the molecule is COc1ccccc1NC(N)=NCCc1ccc(F)cc1C. The minimum absolute atomic E-state index is 0.220. The molecule has 0 heterocycles. The van der Waals surface area contributed by atoms with Gasteiger partial charge in [0.25, 0.3) is 0 Å². The van der Waals surface area contributed by atoms with Gasteiger partial charge in [0.2, 0.25) is 0 Å². The number of nitrogens with two attached hydrogens (primary N) is 1. The Kier molecular flexibility index (Phi) is 5.36. The lowest BCUT2D eigenvalue weighted by Crippen LogP contribution is -2.23. The van der Waals surface area contributed by atoms with Crippen LogP contribution in [0, 0.1) is 12.7 Å². The molecule has 3 N–H and O–H groups in total. The van der Waals surface area contributed by atoms with Gasteiger partial charge in [-0.3, -0.25) is 4.99 Å². The number of aliphatic imine (C=N–C) groups is 1. The van der Waals surface area contributed by atoms with E-state index in [1.807, 2.05) is 31.2 Å². The lowest BCUT2D eigenvalue weighted by molar-refractivity contribution is 0.417. The Balaban J connectivity index is 1.95. The number of para-hydroxylation sites is 2. The topological polar surface area (TPSA) is 59.6 Å². The van der Waals surface area contributed by atoms with Crippen LogP contribution in [-0.2, 0) is 6.42 Å². The van der Waals surface area contributed by atoms with Crippen molar-refractivity contribution in [3.63, 3.8) is 0 Å². The molecule has 2 rings (SSSR count). The van der Waals surface area contributed by atoms with E-state index in [-0.39, 0.29) is 5.82 Å². The third-order valence-electron chi connectivity index (χ3n) is 3.34. The maximum absolute atomic E-state index is 13.0. The average molecular weight is 301 g/mol. The van der Waals surface area contributed by atoms with Gasteiger partial charge >= 0.3 is 0 Å². The molecule has 0 unspecified atom stereocenters. The van der Waals surface area contributed by atoms with Crippen LogP contribution in [0.25, 0.3) is 0 Å². The first-order valence-corrected chi connectivity index (χ1v) is 7.05. The van der Waals surface area contributed by atoms with Crippen molar-refractivity contribution in [2.45, 2.75) is 13.3 Å². The number of rotatable bonds is 5. The van der Waals surface area contributed by atoms with Crippen molar-refractivity contribution < 1.29 is 9.13 Å². The van der Waals surface area contributed by atoms with Crippen LogP contribution >= 0.6 is 0 Å². The molecule has 0 saturated heterocycles. The standard InChI is InChI=1S/C17H20FN3O/c1-12-11-14(18)8-7-13(12)9-10-20-17(19)21-15-5-3-4-6-16(15)22-2/h3-8,11H,9-10H2,1-2H3,(H3,19,20,21). The predicted octanol–water partition coefficient (Wildman–Crippen LogP) is 3.11. The molecule has 0 saturated carbocycles. The summed E-state index contributed by atoms with van der Waals surface area (Å²) in [5.74, 6) is 0.807. The summed E-state index contributed by atoms with van der Waals surface area (Å²) < 4.78 is 18.3. The van der Waals surface area contributed by atoms with Crippen molar-refractivity contribution in [3.8, 4) is 5.75 Å². The highest BCUT2D eigenvalue weighted by Crippen LogP contribution is 2.22. The second kappa shape index (κ2) is 7.45. The minimum atomic E-state index is -0.220. The number of aryl methyl sites for hydroxylation is 1. The van der Waals surface area contributed by atoms with Crippen LogP contribution in [-0.4, -0.2) is 19.6 Å². The third kappa shape index (κ3) is 4.22. The first-order chi connectivity index (χ1) is 10.6. The Morgan fingerprint density at radius 1 is 1.27 bits per heavy atom. The molecule has 4 nitrogen and oxygen atoms in total. The maximum atomic E-state index is 13.0. The third-order valence-corrected chi connectivity index (χ3v) is 3.34. The number of guanidine groups is 1. The summed E-state index contributed by atoms with van der Waals surface area (Å²) >= 11 is 0. The lowest BCUT2D eigenvalue weighted by atomic mass is 10.1. The molecule has 0 aromatic heterocycles. The van der Waals surface area contributed by atoms with E-state index in [1.165, 1.54) is 12.1 Å². The summed E-state index contributed by atoms with van der Waals surface area (Å²) in [7, 11) is 1.60. The Morgan fingerprint density at radius 2 is 2.05 bits per heavy atom. The normalized spacial score (nSPS) is 11.3. The Labute approximate surface area is 129 Å². The van der Waals surface area contributed by atoms with Crippen LogP contribution in [0.15, 0.2) is 47.5 Å². The Morgan fingerprint density at radius 3 is 2.77 bits per heavy atom. The van der Waals surface area contributed by atoms with Gasteiger partial charge in [0.1, 0.15) is 11.6 Å². The van der Waals surface area contributed by atoms with E-state index in [0.717, 1.165) is 16.8 Å². The summed E-state index contributed by atoms with van der Waals surface area (Å²) in [5, 5.41) is 3.01. The van der Waals surface area contributed by atoms with Crippen LogP contribution in [0.5, 0.6) is 5.75 Å². The van der Waals surface area contributed by atoms with E-state index in [0.29, 0.717) is 24.7 Å². The van der Waals surface area contributed by atoms with Gasteiger partial charge in [0, 0.05) is 6.54 Å². The number of methoxy groups -OCH3 is 1. The summed E-state index contributed by atoms with van der Waals surface area (Å²) in [4.78, 5) is 4.29. The molecular weight excluding hydrogens is 281 g/mol. The zero-order valence-electron chi connectivity index (χ0n) is 12.8. The largest absolute Gasteiger partial charge is 0.495 e. The number of nitrogens with one attached hydrogen (secondary N) is 1. The van der Waals surface area contributed by atoms with Crippen molar-refractivity contribution in [1.82, 2.24) is 0 Å². The van der Waals surface area contributed by atoms with Gasteiger partial charge in [-0.1, -0.05) is 18.2 Å². The van der Waals surface area contributed by atoms with Crippen molar-refractivity contribution in [2.24, 2.45) is 10.7 Å². The first-order valence-electron chi connectivity index (χ1n) is 7.05. The highest BCUT2D eigenvalue weighted by atomic mass is 19.1. The number of ether oxygens (including phenoxy) is 1. The van der Waals surface area contributed by atoms with Crippen LogP contribution in [0.1, 0.15) is 11.1 Å². The fraction of sp³-hybridized carbons (Fsp3) is 0.235. The molecule has 0 atom stereocenters. The number of halogens is 1. The highest BCUT2D eigenvalue weighted by molar-refractivity contribution is 5.93. The molecule has 0 radical (unpaired) electrons. The molecule has 5 heteroatoms. The van der Waals surface area contributed by atoms with Crippen LogP contribution < -0.4 is 15.8 Å². The first kappa shape index (κ1) is 15.8. The zero-order chi connectivity index (χ0) is 15.9. The van der Waals surface area contributed by atoms with E-state index >= 15 is 0 Å². The monoisotopic (exact) mass is 301 g/mol. The smallest absolute Gasteiger partial charge is 0.193 e. The molecule has 0 fully saturated rings. The summed E-state index contributed by atoms with van der Waals surface area (Å²) in [6.45, 7) is 2.42. The molecule has 22 heavy (non-hydrogen) atoms. The van der Waals surface area contributed by atoms with Gasteiger partial charge in [0.15, 0.2) is 5.96 Å².